The zero-order valence-electron chi connectivity index (χ0n) is 18.9. The molecule has 1 spiro atoms. The van der Waals surface area contributed by atoms with Crippen LogP contribution >= 0.6 is 0 Å². The van der Waals surface area contributed by atoms with Gasteiger partial charge in [0, 0.05) is 18.4 Å². The van der Waals surface area contributed by atoms with E-state index >= 15 is 0 Å². The van der Waals surface area contributed by atoms with Crippen LogP contribution in [-0.4, -0.2) is 41.0 Å². The molecule has 168 valence electrons. The minimum Gasteiger partial charge on any atom is -0.322 e. The number of carbonyl (C=O) groups is 3. The Balaban J connectivity index is 1.36. The average molecular weight is 428 g/mol. The molecule has 3 aliphatic rings. The standard InChI is InChI=1S/C24H34N4O3/c1-16(2)19-6-4-18(5-7-19)14-27(20-8-9-20)15-21(29)26-28-22(30)24(25-23(28)31)12-10-17(3)11-13-24/h4-7,16-17,20H,8-15H2,1-3H3,(H,25,31)(H,26,29)/p+1. The predicted octanol–water partition coefficient (Wildman–Crippen LogP) is 1.89. The maximum Gasteiger partial charge on any atom is 0.344 e. The molecule has 7 heteroatoms. The zero-order chi connectivity index (χ0) is 22.2. The molecule has 2 saturated carbocycles. The Morgan fingerprint density at radius 2 is 1.81 bits per heavy atom. The number of nitrogens with one attached hydrogen (secondary N) is 3. The van der Waals surface area contributed by atoms with E-state index in [1.54, 1.807) is 0 Å². The van der Waals surface area contributed by atoms with E-state index in [0.717, 1.165) is 37.2 Å². The second-order valence-electron chi connectivity index (χ2n) is 10.1. The molecule has 1 unspecified atom stereocenters. The number of benzene rings is 1. The van der Waals surface area contributed by atoms with Crippen molar-refractivity contribution in [1.29, 1.82) is 0 Å². The van der Waals surface area contributed by atoms with Crippen LogP contribution in [0.4, 0.5) is 4.79 Å². The molecule has 31 heavy (non-hydrogen) atoms. The Hall–Kier alpha value is -2.41. The molecule has 0 radical (unpaired) electrons. The average Bonchev–Trinajstić information content (AvgIpc) is 3.55. The van der Waals surface area contributed by atoms with Gasteiger partial charge in [0.05, 0.1) is 6.04 Å². The van der Waals surface area contributed by atoms with Crippen LogP contribution in [0.15, 0.2) is 24.3 Å². The van der Waals surface area contributed by atoms with Gasteiger partial charge in [0.15, 0.2) is 6.54 Å². The Morgan fingerprint density at radius 1 is 1.16 bits per heavy atom. The van der Waals surface area contributed by atoms with Crippen molar-refractivity contribution in [1.82, 2.24) is 15.8 Å². The summed E-state index contributed by atoms with van der Waals surface area (Å²) in [5.74, 6) is 0.455. The Labute approximate surface area is 184 Å². The van der Waals surface area contributed by atoms with Crippen LogP contribution in [0.1, 0.15) is 76.3 Å². The molecule has 7 nitrogen and oxygen atoms in total. The highest BCUT2D eigenvalue weighted by Crippen LogP contribution is 2.35. The fraction of sp³-hybridized carbons (Fsp3) is 0.625. The van der Waals surface area contributed by atoms with Gasteiger partial charge in [-0.05, 0) is 43.1 Å². The summed E-state index contributed by atoms with van der Waals surface area (Å²) in [6.45, 7) is 7.53. The van der Waals surface area contributed by atoms with Crippen LogP contribution in [0.3, 0.4) is 0 Å². The monoisotopic (exact) mass is 427 g/mol. The highest BCUT2D eigenvalue weighted by Gasteiger charge is 2.53. The summed E-state index contributed by atoms with van der Waals surface area (Å²) < 4.78 is 0. The van der Waals surface area contributed by atoms with Crippen LogP contribution in [0.25, 0.3) is 0 Å². The normalized spacial score (nSPS) is 27.0. The second-order valence-corrected chi connectivity index (χ2v) is 10.1. The number of quaternary nitrogens is 1. The summed E-state index contributed by atoms with van der Waals surface area (Å²) >= 11 is 0. The third kappa shape index (κ3) is 4.76. The van der Waals surface area contributed by atoms with Gasteiger partial charge in [0.1, 0.15) is 12.1 Å². The Kier molecular flexibility index (Phi) is 6.06. The van der Waals surface area contributed by atoms with Crippen LogP contribution in [0, 0.1) is 5.92 Å². The van der Waals surface area contributed by atoms with Gasteiger partial charge in [-0.3, -0.25) is 15.0 Å². The molecule has 4 rings (SSSR count). The van der Waals surface area contributed by atoms with Gasteiger partial charge in [-0.15, -0.1) is 0 Å². The summed E-state index contributed by atoms with van der Waals surface area (Å²) in [6.07, 6.45) is 5.30. The molecule has 3 N–H and O–H groups in total. The lowest BCUT2D eigenvalue weighted by molar-refractivity contribution is -0.917. The number of rotatable bonds is 7. The van der Waals surface area contributed by atoms with E-state index in [0.29, 0.717) is 30.7 Å². The molecule has 1 aliphatic heterocycles. The van der Waals surface area contributed by atoms with Crippen molar-refractivity contribution in [3.63, 3.8) is 0 Å². The van der Waals surface area contributed by atoms with Gasteiger partial charge in [-0.2, -0.15) is 5.01 Å². The fourth-order valence-corrected chi connectivity index (χ4v) is 4.81. The van der Waals surface area contributed by atoms with Crippen molar-refractivity contribution >= 4 is 17.8 Å². The van der Waals surface area contributed by atoms with Gasteiger partial charge in [-0.25, -0.2) is 4.79 Å². The lowest BCUT2D eigenvalue weighted by Gasteiger charge is -2.33. The van der Waals surface area contributed by atoms with Crippen molar-refractivity contribution in [3.8, 4) is 0 Å². The zero-order valence-corrected chi connectivity index (χ0v) is 18.9. The van der Waals surface area contributed by atoms with Gasteiger partial charge >= 0.3 is 6.03 Å². The molecule has 0 aromatic heterocycles. The minimum atomic E-state index is -0.835. The van der Waals surface area contributed by atoms with Crippen LogP contribution in [0.2, 0.25) is 0 Å². The molecule has 0 bridgehead atoms. The second kappa shape index (κ2) is 8.61. The topological polar surface area (TPSA) is 83.0 Å². The molecule has 1 atom stereocenters. The fourth-order valence-electron chi connectivity index (χ4n) is 4.81. The van der Waals surface area contributed by atoms with Crippen molar-refractivity contribution in [2.24, 2.45) is 5.92 Å². The molecular weight excluding hydrogens is 392 g/mol. The summed E-state index contributed by atoms with van der Waals surface area (Å²) in [5, 5.41) is 3.77. The summed E-state index contributed by atoms with van der Waals surface area (Å²) in [7, 11) is 0. The first-order chi connectivity index (χ1) is 14.8. The molecule has 2 aliphatic carbocycles. The number of carbonyl (C=O) groups excluding carboxylic acids is 3. The largest absolute Gasteiger partial charge is 0.344 e. The number of nitrogens with zero attached hydrogens (tertiary/aromatic N) is 1. The third-order valence-corrected chi connectivity index (χ3v) is 7.15. The number of hydrogen-bond donors (Lipinski definition) is 3. The van der Waals surface area contributed by atoms with Gasteiger partial charge in [0.2, 0.25) is 0 Å². The quantitative estimate of drug-likeness (QED) is 0.581. The van der Waals surface area contributed by atoms with E-state index in [2.05, 4.69) is 55.8 Å². The van der Waals surface area contributed by atoms with Crippen LogP contribution in [-0.2, 0) is 16.1 Å². The van der Waals surface area contributed by atoms with Crippen molar-refractivity contribution in [2.45, 2.75) is 83.3 Å². The summed E-state index contributed by atoms with van der Waals surface area (Å²) in [5.41, 5.74) is 4.26. The highest BCUT2D eigenvalue weighted by molar-refractivity contribution is 6.08. The molecule has 1 aromatic rings. The van der Waals surface area contributed by atoms with E-state index in [1.165, 1.54) is 16.0 Å². The first-order valence-electron chi connectivity index (χ1n) is 11.7. The van der Waals surface area contributed by atoms with E-state index in [-0.39, 0.29) is 18.4 Å². The van der Waals surface area contributed by atoms with E-state index in [4.69, 9.17) is 0 Å². The number of urea groups is 1. The molecule has 1 saturated heterocycles. The van der Waals surface area contributed by atoms with Gasteiger partial charge < -0.3 is 10.2 Å². The molecular formula is C24H35N4O3+. The smallest absolute Gasteiger partial charge is 0.322 e. The SMILES string of the molecule is CC1CCC2(CC1)NC(=O)N(NC(=O)C[NH+](Cc1ccc(C(C)C)cc1)C1CC1)C2=O. The van der Waals surface area contributed by atoms with Gasteiger partial charge in [0.25, 0.3) is 11.8 Å². The lowest BCUT2D eigenvalue weighted by Crippen LogP contribution is -3.13. The summed E-state index contributed by atoms with van der Waals surface area (Å²) in [6, 6.07) is 8.54. The van der Waals surface area contributed by atoms with Crippen molar-refractivity contribution in [2.75, 3.05) is 6.54 Å². The van der Waals surface area contributed by atoms with Crippen LogP contribution in [0.5, 0.6) is 0 Å². The maximum absolute atomic E-state index is 13.0. The molecule has 1 heterocycles. The number of imide groups is 1. The van der Waals surface area contributed by atoms with Crippen molar-refractivity contribution in [3.05, 3.63) is 35.4 Å². The third-order valence-electron chi connectivity index (χ3n) is 7.15. The molecule has 4 amide bonds. The highest BCUT2D eigenvalue weighted by atomic mass is 16.2. The number of hydrazine groups is 1. The Morgan fingerprint density at radius 3 is 2.39 bits per heavy atom. The van der Waals surface area contributed by atoms with Gasteiger partial charge in [-0.1, -0.05) is 45.0 Å². The Bertz CT molecular complexity index is 839. The van der Waals surface area contributed by atoms with Crippen molar-refractivity contribution < 1.29 is 19.3 Å². The lowest BCUT2D eigenvalue weighted by atomic mass is 9.77. The van der Waals surface area contributed by atoms with E-state index in [9.17, 15) is 14.4 Å². The van der Waals surface area contributed by atoms with E-state index < -0.39 is 11.6 Å². The minimum absolute atomic E-state index is 0.248. The summed E-state index contributed by atoms with van der Waals surface area (Å²) in [4.78, 5) is 39.4. The molecule has 3 fully saturated rings. The first-order valence-corrected chi connectivity index (χ1v) is 11.7. The van der Waals surface area contributed by atoms with Crippen LogP contribution < -0.4 is 15.6 Å². The van der Waals surface area contributed by atoms with E-state index in [1.807, 2.05) is 0 Å². The number of amides is 4. The maximum atomic E-state index is 13.0. The first kappa shape index (κ1) is 21.8. The number of hydrogen-bond acceptors (Lipinski definition) is 3. The predicted molar refractivity (Wildman–Crippen MR) is 117 cm³/mol. The molecule has 1 aromatic carbocycles.